The molecule has 0 aliphatic heterocycles. The van der Waals surface area contributed by atoms with Crippen molar-refractivity contribution in [1.29, 1.82) is 0 Å². The normalized spacial score (nSPS) is 12.7. The maximum atomic E-state index is 2.22. The second-order valence-corrected chi connectivity index (χ2v) is 4.11. The van der Waals surface area contributed by atoms with Gasteiger partial charge in [-0.2, -0.15) is 0 Å². The first-order chi connectivity index (χ1) is 8.76. The lowest BCUT2D eigenvalue weighted by atomic mass is 9.96. The van der Waals surface area contributed by atoms with Crippen LogP contribution >= 0.6 is 0 Å². The van der Waals surface area contributed by atoms with Crippen molar-refractivity contribution >= 4 is 24.3 Å². The minimum Gasteiger partial charge on any atom is -0.0871 e. The summed E-state index contributed by atoms with van der Waals surface area (Å²) in [5.74, 6) is 0. The summed E-state index contributed by atoms with van der Waals surface area (Å²) in [6.45, 7) is 8.21. The number of hydrogen-bond acceptors (Lipinski definition) is 0. The number of hydrogen-bond donors (Lipinski definition) is 0. The maximum Gasteiger partial charge on any atom is -0.0115 e. The smallest absolute Gasteiger partial charge is 0.0115 e. The second-order valence-electron chi connectivity index (χ2n) is 4.11. The Morgan fingerprint density at radius 1 is 0.611 bits per heavy atom. The Morgan fingerprint density at radius 2 is 1.06 bits per heavy atom. The van der Waals surface area contributed by atoms with Crippen molar-refractivity contribution in [2.75, 3.05) is 0 Å². The van der Waals surface area contributed by atoms with Crippen LogP contribution in [0.2, 0.25) is 0 Å². The molecule has 0 saturated carbocycles. The number of rotatable bonds is 4. The van der Waals surface area contributed by atoms with E-state index >= 15 is 0 Å². The van der Waals surface area contributed by atoms with Gasteiger partial charge in [0.05, 0.1) is 0 Å². The molecule has 0 heterocycles. The van der Waals surface area contributed by atoms with Crippen LogP contribution in [-0.4, -0.2) is 0 Å². The lowest BCUT2D eigenvalue weighted by Crippen LogP contribution is -1.89. The lowest BCUT2D eigenvalue weighted by molar-refractivity contribution is 1.52. The van der Waals surface area contributed by atoms with Crippen LogP contribution in [0.5, 0.6) is 0 Å². The van der Waals surface area contributed by atoms with Crippen LogP contribution in [0.15, 0.2) is 36.4 Å². The average Bonchev–Trinajstić information content (AvgIpc) is 2.34. The van der Waals surface area contributed by atoms with Gasteiger partial charge in [-0.25, -0.2) is 0 Å². The van der Waals surface area contributed by atoms with E-state index in [1.165, 1.54) is 22.3 Å². The van der Waals surface area contributed by atoms with Crippen LogP contribution in [0.4, 0.5) is 0 Å². The van der Waals surface area contributed by atoms with Gasteiger partial charge in [0.1, 0.15) is 0 Å². The Morgan fingerprint density at radius 3 is 1.44 bits per heavy atom. The molecule has 1 rings (SSSR count). The molecule has 0 heteroatoms. The van der Waals surface area contributed by atoms with E-state index < -0.39 is 0 Å². The summed E-state index contributed by atoms with van der Waals surface area (Å²) in [4.78, 5) is 0. The topological polar surface area (TPSA) is 0 Å². The number of allylic oxidation sites excluding steroid dienone is 4. The molecule has 18 heavy (non-hydrogen) atoms. The molecule has 1 aromatic rings. The van der Waals surface area contributed by atoms with Crippen molar-refractivity contribution in [3.8, 4) is 0 Å². The molecule has 0 aromatic heterocycles. The Balaban J connectivity index is 3.53. The molecule has 0 aliphatic carbocycles. The van der Waals surface area contributed by atoms with Gasteiger partial charge in [0.25, 0.3) is 0 Å². The van der Waals surface area contributed by atoms with Crippen LogP contribution in [0.3, 0.4) is 0 Å². The zero-order valence-corrected chi connectivity index (χ0v) is 11.8. The maximum absolute atomic E-state index is 2.22. The summed E-state index contributed by atoms with van der Waals surface area (Å²) in [5.41, 5.74) is 5.05. The van der Waals surface area contributed by atoms with Crippen LogP contribution in [0.25, 0.3) is 24.3 Å². The third-order valence-electron chi connectivity index (χ3n) is 2.65. The SMILES string of the molecule is C/C=C\c1cc(/C=C\C)c(/C=C\C)c(/C=C\C)c1. The molecule has 0 aliphatic rings. The van der Waals surface area contributed by atoms with E-state index in [1.54, 1.807) is 0 Å². The largest absolute Gasteiger partial charge is 0.0871 e. The minimum absolute atomic E-state index is 1.24. The number of benzene rings is 1. The summed E-state index contributed by atoms with van der Waals surface area (Å²) in [7, 11) is 0. The fourth-order valence-corrected chi connectivity index (χ4v) is 2.01. The lowest BCUT2D eigenvalue weighted by Gasteiger charge is -2.09. The predicted octanol–water partition coefficient (Wildman–Crippen LogP) is 5.82. The minimum atomic E-state index is 1.24. The van der Waals surface area contributed by atoms with Crippen molar-refractivity contribution in [2.24, 2.45) is 0 Å². The Labute approximate surface area is 111 Å². The molecule has 0 saturated heterocycles. The molecule has 0 atom stereocenters. The average molecular weight is 238 g/mol. The van der Waals surface area contributed by atoms with Gasteiger partial charge in [-0.15, -0.1) is 0 Å². The first-order valence-electron chi connectivity index (χ1n) is 6.45. The molecule has 1 aromatic carbocycles. The Hall–Kier alpha value is -1.82. The van der Waals surface area contributed by atoms with Gasteiger partial charge in [-0.3, -0.25) is 0 Å². The zero-order valence-electron chi connectivity index (χ0n) is 11.8. The summed E-state index contributed by atoms with van der Waals surface area (Å²) in [5, 5.41) is 0. The van der Waals surface area contributed by atoms with E-state index in [9.17, 15) is 0 Å². The standard InChI is InChI=1S/C18H22/c1-5-9-15-13-16(10-6-2)18(12-8-4)17(14-15)11-7-3/h5-14H,1-4H3/b9-5-,10-6-,11-7-,12-8-. The summed E-state index contributed by atoms with van der Waals surface area (Å²) >= 11 is 0. The molecular formula is C18H22. The Kier molecular flexibility index (Phi) is 5.93. The first kappa shape index (κ1) is 14.2. The molecule has 0 N–H and O–H groups in total. The van der Waals surface area contributed by atoms with Gasteiger partial charge in [-0.05, 0) is 62.1 Å². The van der Waals surface area contributed by atoms with E-state index in [4.69, 9.17) is 0 Å². The molecular weight excluding hydrogens is 216 g/mol. The van der Waals surface area contributed by atoms with Gasteiger partial charge < -0.3 is 0 Å². The fourth-order valence-electron chi connectivity index (χ4n) is 2.01. The van der Waals surface area contributed by atoms with Crippen LogP contribution in [-0.2, 0) is 0 Å². The highest BCUT2D eigenvalue weighted by Gasteiger charge is 2.03. The predicted molar refractivity (Wildman–Crippen MR) is 85.3 cm³/mol. The fraction of sp³-hybridized carbons (Fsp3) is 0.222. The Bertz CT molecular complexity index is 464. The van der Waals surface area contributed by atoms with Crippen molar-refractivity contribution in [3.05, 3.63) is 58.7 Å². The third-order valence-corrected chi connectivity index (χ3v) is 2.65. The van der Waals surface area contributed by atoms with Gasteiger partial charge in [-0.1, -0.05) is 48.6 Å². The van der Waals surface area contributed by atoms with Crippen molar-refractivity contribution in [1.82, 2.24) is 0 Å². The third kappa shape index (κ3) is 3.59. The van der Waals surface area contributed by atoms with E-state index in [2.05, 4.69) is 81.5 Å². The van der Waals surface area contributed by atoms with Crippen molar-refractivity contribution in [3.63, 3.8) is 0 Å². The molecule has 0 nitrogen and oxygen atoms in total. The van der Waals surface area contributed by atoms with Crippen molar-refractivity contribution < 1.29 is 0 Å². The molecule has 0 amide bonds. The highest BCUT2D eigenvalue weighted by Crippen LogP contribution is 2.23. The van der Waals surface area contributed by atoms with E-state index in [1.807, 2.05) is 6.92 Å². The molecule has 0 bridgehead atoms. The molecule has 0 spiro atoms. The van der Waals surface area contributed by atoms with Gasteiger partial charge in [0.15, 0.2) is 0 Å². The molecule has 0 fully saturated rings. The van der Waals surface area contributed by atoms with Gasteiger partial charge in [0, 0.05) is 0 Å². The molecule has 0 unspecified atom stereocenters. The summed E-state index contributed by atoms with van der Waals surface area (Å²) in [6.07, 6.45) is 17.0. The zero-order chi connectivity index (χ0) is 13.4. The second kappa shape index (κ2) is 7.50. The first-order valence-corrected chi connectivity index (χ1v) is 6.45. The van der Waals surface area contributed by atoms with Crippen molar-refractivity contribution in [2.45, 2.75) is 27.7 Å². The van der Waals surface area contributed by atoms with E-state index in [0.717, 1.165) is 0 Å². The summed E-state index contributed by atoms with van der Waals surface area (Å²) < 4.78 is 0. The molecule has 94 valence electrons. The van der Waals surface area contributed by atoms with Gasteiger partial charge in [0.2, 0.25) is 0 Å². The van der Waals surface area contributed by atoms with E-state index in [0.29, 0.717) is 0 Å². The van der Waals surface area contributed by atoms with Crippen LogP contribution in [0, 0.1) is 0 Å². The van der Waals surface area contributed by atoms with Crippen LogP contribution < -0.4 is 0 Å². The van der Waals surface area contributed by atoms with Crippen LogP contribution in [0.1, 0.15) is 49.9 Å². The van der Waals surface area contributed by atoms with Gasteiger partial charge >= 0.3 is 0 Å². The summed E-state index contributed by atoms with van der Waals surface area (Å²) in [6, 6.07) is 4.45. The highest BCUT2D eigenvalue weighted by molar-refractivity contribution is 5.76. The highest BCUT2D eigenvalue weighted by atomic mass is 14.1. The van der Waals surface area contributed by atoms with E-state index in [-0.39, 0.29) is 0 Å². The molecule has 0 radical (unpaired) electrons. The monoisotopic (exact) mass is 238 g/mol. The quantitative estimate of drug-likeness (QED) is 0.620.